The van der Waals surface area contributed by atoms with Crippen molar-refractivity contribution in [3.05, 3.63) is 0 Å². The van der Waals surface area contributed by atoms with Gasteiger partial charge in [0.05, 0.1) is 23.8 Å². The van der Waals surface area contributed by atoms with Crippen LogP contribution in [0.25, 0.3) is 0 Å². The Kier molecular flexibility index (Phi) is 17.0. The molecule has 0 bridgehead atoms. The van der Waals surface area contributed by atoms with Gasteiger partial charge in [0.25, 0.3) is 0 Å². The van der Waals surface area contributed by atoms with Crippen molar-refractivity contribution in [2.45, 2.75) is 114 Å². The molecule has 3 atom stereocenters. The molecule has 0 aromatic heterocycles. The van der Waals surface area contributed by atoms with Crippen molar-refractivity contribution in [3.63, 3.8) is 0 Å². The van der Waals surface area contributed by atoms with Gasteiger partial charge < -0.3 is 36.6 Å². The molecule has 12 nitrogen and oxygen atoms in total. The van der Waals surface area contributed by atoms with Crippen molar-refractivity contribution in [1.82, 2.24) is 16.0 Å². The molecule has 7 N–H and O–H groups in total. The molecular formula is C26H48N4O8S. The summed E-state index contributed by atoms with van der Waals surface area (Å²) in [4.78, 5) is 60.1. The van der Waals surface area contributed by atoms with Gasteiger partial charge >= 0.3 is 11.9 Å². The fourth-order valence-electron chi connectivity index (χ4n) is 3.60. The molecule has 0 fully saturated rings. The van der Waals surface area contributed by atoms with Crippen molar-refractivity contribution in [3.8, 4) is 0 Å². The first-order valence-corrected chi connectivity index (χ1v) is 14.4. The van der Waals surface area contributed by atoms with Gasteiger partial charge in [0, 0.05) is 30.4 Å². The van der Waals surface area contributed by atoms with Crippen LogP contribution < -0.4 is 21.7 Å². The van der Waals surface area contributed by atoms with Crippen LogP contribution in [0, 0.1) is 0 Å². The van der Waals surface area contributed by atoms with E-state index in [4.69, 9.17) is 15.6 Å². The fraction of sp³-hybridized carbons (Fsp3) is 0.808. The van der Waals surface area contributed by atoms with Crippen LogP contribution in [0.4, 0.5) is 0 Å². The lowest BCUT2D eigenvalue weighted by Crippen LogP contribution is -2.55. The summed E-state index contributed by atoms with van der Waals surface area (Å²) in [6.45, 7) is 11.0. The second-order valence-electron chi connectivity index (χ2n) is 10.4. The minimum absolute atomic E-state index is 0.00419. The molecule has 0 heterocycles. The summed E-state index contributed by atoms with van der Waals surface area (Å²) in [7, 11) is 0. The van der Waals surface area contributed by atoms with Gasteiger partial charge in [-0.1, -0.05) is 20.8 Å². The monoisotopic (exact) mass is 576 g/mol. The maximum atomic E-state index is 12.8. The average Bonchev–Trinajstić information content (AvgIpc) is 2.86. The summed E-state index contributed by atoms with van der Waals surface area (Å²) in [6, 6.07) is -1.12. The van der Waals surface area contributed by atoms with Gasteiger partial charge in [-0.15, -0.1) is 11.8 Å². The zero-order valence-corrected chi connectivity index (χ0v) is 24.9. The van der Waals surface area contributed by atoms with E-state index in [0.717, 1.165) is 12.8 Å². The van der Waals surface area contributed by atoms with E-state index >= 15 is 0 Å². The predicted octanol–water partition coefficient (Wildman–Crippen LogP) is 1.65. The highest BCUT2D eigenvalue weighted by atomic mass is 32.2. The molecule has 0 spiro atoms. The maximum Gasteiger partial charge on any atom is 0.305 e. The van der Waals surface area contributed by atoms with Gasteiger partial charge in [-0.2, -0.15) is 0 Å². The highest BCUT2D eigenvalue weighted by Gasteiger charge is 2.30. The number of carboxylic acid groups (broad SMARTS) is 2. The van der Waals surface area contributed by atoms with Crippen LogP contribution in [0.1, 0.15) is 86.5 Å². The lowest BCUT2D eigenvalue weighted by atomic mass is 9.94. The predicted molar refractivity (Wildman–Crippen MR) is 150 cm³/mol. The third kappa shape index (κ3) is 15.7. The molecular weight excluding hydrogens is 528 g/mol. The molecule has 3 amide bonds. The molecule has 0 aliphatic carbocycles. The Morgan fingerprint density at radius 2 is 1.56 bits per heavy atom. The van der Waals surface area contributed by atoms with Gasteiger partial charge in [-0.25, -0.2) is 0 Å². The molecule has 13 heteroatoms. The Morgan fingerprint density at radius 1 is 0.949 bits per heavy atom. The van der Waals surface area contributed by atoms with Crippen LogP contribution >= 0.6 is 11.8 Å². The minimum atomic E-state index is -1.12. The molecule has 226 valence electrons. The summed E-state index contributed by atoms with van der Waals surface area (Å²) in [6.07, 6.45) is 2.57. The number of rotatable bonds is 21. The van der Waals surface area contributed by atoms with Crippen molar-refractivity contribution >= 4 is 41.4 Å². The first-order valence-electron chi connectivity index (χ1n) is 13.4. The van der Waals surface area contributed by atoms with E-state index in [0.29, 0.717) is 25.9 Å². The van der Waals surface area contributed by atoms with E-state index in [-0.39, 0.29) is 31.2 Å². The Bertz CT molecular complexity index is 822. The van der Waals surface area contributed by atoms with Gasteiger partial charge in [-0.3, -0.25) is 24.0 Å². The van der Waals surface area contributed by atoms with Crippen molar-refractivity contribution < 1.29 is 38.9 Å². The second kappa shape index (κ2) is 18.1. The van der Waals surface area contributed by atoms with E-state index in [1.165, 1.54) is 11.8 Å². The van der Waals surface area contributed by atoms with Gasteiger partial charge in [0.15, 0.2) is 0 Å². The van der Waals surface area contributed by atoms with Crippen LogP contribution in [0.15, 0.2) is 0 Å². The topological polar surface area (TPSA) is 197 Å². The number of aliphatic carboxylic acids is 2. The maximum absolute atomic E-state index is 12.8. The molecule has 0 rings (SSSR count). The standard InChI is InChI=1S/C26H48N4O8S/c1-7-17(8-2)39-19(14-22(34)35)24(37)29-18(15-27)23(36)28-16-20(31)30-26(6,9-3)12-13-38-25(4,5)11-10-21(32)33/h17-19H,7-16,27H2,1-6H3,(H,28,36)(H,29,37)(H,30,31)(H,32,33)(H,34,35). The van der Waals surface area contributed by atoms with Crippen molar-refractivity contribution in [1.29, 1.82) is 0 Å². The molecule has 0 aromatic rings. The summed E-state index contributed by atoms with van der Waals surface area (Å²) < 4.78 is 5.84. The van der Waals surface area contributed by atoms with Crippen molar-refractivity contribution in [2.75, 3.05) is 19.7 Å². The number of amides is 3. The van der Waals surface area contributed by atoms with Crippen LogP contribution in [0.2, 0.25) is 0 Å². The number of ether oxygens (including phenoxy) is 1. The lowest BCUT2D eigenvalue weighted by molar-refractivity contribution is -0.139. The van der Waals surface area contributed by atoms with Crippen LogP contribution in [0.3, 0.4) is 0 Å². The Balaban J connectivity index is 4.93. The molecule has 3 unspecified atom stereocenters. The Hall–Kier alpha value is -2.38. The molecule has 0 radical (unpaired) electrons. The Labute approximate surface area is 235 Å². The van der Waals surface area contributed by atoms with E-state index in [1.54, 1.807) is 0 Å². The number of carbonyl (C=O) groups excluding carboxylic acids is 3. The average molecular weight is 577 g/mol. The van der Waals surface area contributed by atoms with E-state index in [1.807, 2.05) is 41.5 Å². The quantitative estimate of drug-likeness (QED) is 0.117. The lowest BCUT2D eigenvalue weighted by Gasteiger charge is -2.32. The highest BCUT2D eigenvalue weighted by molar-refractivity contribution is 8.01. The summed E-state index contributed by atoms with van der Waals surface area (Å²) in [5.41, 5.74) is 4.44. The highest BCUT2D eigenvalue weighted by Crippen LogP contribution is 2.26. The Morgan fingerprint density at radius 3 is 2.05 bits per heavy atom. The third-order valence-corrected chi connectivity index (χ3v) is 8.28. The van der Waals surface area contributed by atoms with E-state index in [9.17, 15) is 29.1 Å². The normalized spacial score (nSPS) is 14.7. The van der Waals surface area contributed by atoms with Crippen LogP contribution in [0.5, 0.6) is 0 Å². The fourth-order valence-corrected chi connectivity index (χ4v) is 4.88. The number of carboxylic acids is 2. The summed E-state index contributed by atoms with van der Waals surface area (Å²) >= 11 is 1.26. The number of hydrogen-bond acceptors (Lipinski definition) is 8. The summed E-state index contributed by atoms with van der Waals surface area (Å²) in [5.74, 6) is -3.69. The molecule has 39 heavy (non-hydrogen) atoms. The third-order valence-electron chi connectivity index (χ3n) is 6.52. The van der Waals surface area contributed by atoms with Crippen molar-refractivity contribution in [2.24, 2.45) is 5.73 Å². The minimum Gasteiger partial charge on any atom is -0.481 e. The number of hydrogen-bond donors (Lipinski definition) is 6. The SMILES string of the molecule is CCC(CC)SC(CC(=O)O)C(=O)NC(CN)C(=O)NCC(=O)NC(C)(CC)CCOC(C)(C)CCC(=O)O. The largest absolute Gasteiger partial charge is 0.481 e. The second-order valence-corrected chi connectivity index (χ2v) is 11.9. The number of nitrogens with one attached hydrogen (secondary N) is 3. The first kappa shape index (κ1) is 36.6. The number of nitrogens with two attached hydrogens (primary N) is 1. The zero-order chi connectivity index (χ0) is 30.2. The van der Waals surface area contributed by atoms with Gasteiger partial charge in [0.2, 0.25) is 17.7 Å². The molecule has 0 aliphatic rings. The van der Waals surface area contributed by atoms with E-state index in [2.05, 4.69) is 16.0 Å². The number of carbonyl (C=O) groups is 5. The van der Waals surface area contributed by atoms with Gasteiger partial charge in [-0.05, 0) is 52.9 Å². The molecule has 0 saturated heterocycles. The van der Waals surface area contributed by atoms with Crippen LogP contribution in [-0.2, 0) is 28.7 Å². The molecule has 0 saturated carbocycles. The molecule has 0 aliphatic heterocycles. The van der Waals surface area contributed by atoms with E-state index < -0.39 is 52.1 Å². The molecule has 0 aromatic carbocycles. The number of thioether (sulfide) groups is 1. The smallest absolute Gasteiger partial charge is 0.305 e. The van der Waals surface area contributed by atoms with Crippen LogP contribution in [-0.4, -0.2) is 87.3 Å². The zero-order valence-electron chi connectivity index (χ0n) is 24.1. The van der Waals surface area contributed by atoms with Gasteiger partial charge in [0.1, 0.15) is 6.04 Å². The first-order chi connectivity index (χ1) is 18.1. The summed E-state index contributed by atoms with van der Waals surface area (Å²) in [5, 5.41) is 25.2.